The molecule has 10 heteroatoms. The van der Waals surface area contributed by atoms with Crippen LogP contribution in [-0.2, 0) is 19.1 Å². The van der Waals surface area contributed by atoms with Gasteiger partial charge in [0.05, 0.1) is 11.7 Å². The van der Waals surface area contributed by atoms with Crippen LogP contribution in [0.15, 0.2) is 46.0 Å². The van der Waals surface area contributed by atoms with Gasteiger partial charge in [-0.15, -0.1) is 11.3 Å². The summed E-state index contributed by atoms with van der Waals surface area (Å²) >= 11 is 13.9. The average Bonchev–Trinajstić information content (AvgIpc) is 3.21. The SMILES string of the molecule is CC1=C(C(=O)O[C@H](C)C(=O)OC(C)C)C(c2ccc(Cl)cc2Cl)N=C(c2nccs2)N1. The van der Waals surface area contributed by atoms with Crippen molar-refractivity contribution >= 4 is 52.3 Å². The summed E-state index contributed by atoms with van der Waals surface area (Å²) in [5.74, 6) is -0.818. The molecule has 0 fully saturated rings. The number of amidine groups is 1. The number of carbonyl (C=O) groups is 2. The number of nitrogens with one attached hydrogen (secondary N) is 1. The van der Waals surface area contributed by atoms with Crippen molar-refractivity contribution in [3.8, 4) is 0 Å². The van der Waals surface area contributed by atoms with Crippen molar-refractivity contribution in [3.63, 3.8) is 0 Å². The quantitative estimate of drug-likeness (QED) is 0.601. The average molecular weight is 482 g/mol. The van der Waals surface area contributed by atoms with Crippen molar-refractivity contribution in [1.82, 2.24) is 10.3 Å². The lowest BCUT2D eigenvalue weighted by molar-refractivity contribution is -0.167. The van der Waals surface area contributed by atoms with Gasteiger partial charge in [0, 0.05) is 32.9 Å². The molecule has 0 saturated heterocycles. The van der Waals surface area contributed by atoms with Gasteiger partial charge < -0.3 is 14.8 Å². The van der Waals surface area contributed by atoms with Gasteiger partial charge in [-0.1, -0.05) is 29.3 Å². The minimum Gasteiger partial charge on any atom is -0.460 e. The molecular weight excluding hydrogens is 461 g/mol. The van der Waals surface area contributed by atoms with E-state index in [-0.39, 0.29) is 11.7 Å². The number of carbonyl (C=O) groups excluding carboxylic acids is 2. The van der Waals surface area contributed by atoms with Crippen molar-refractivity contribution in [2.24, 2.45) is 4.99 Å². The summed E-state index contributed by atoms with van der Waals surface area (Å²) in [5.41, 5.74) is 1.32. The second-order valence-corrected chi connectivity index (χ2v) is 8.82. The van der Waals surface area contributed by atoms with Crippen molar-refractivity contribution in [2.75, 3.05) is 0 Å². The number of hydrogen-bond donors (Lipinski definition) is 1. The van der Waals surface area contributed by atoms with Gasteiger partial charge in [0.2, 0.25) is 0 Å². The number of nitrogens with zero attached hydrogens (tertiary/aromatic N) is 2. The van der Waals surface area contributed by atoms with Gasteiger partial charge >= 0.3 is 11.9 Å². The van der Waals surface area contributed by atoms with Gasteiger partial charge in [-0.2, -0.15) is 0 Å². The van der Waals surface area contributed by atoms with Gasteiger partial charge in [0.25, 0.3) is 0 Å². The Balaban J connectivity index is 1.97. The standard InChI is InChI=1S/C21H21Cl2N3O4S/c1-10(2)29-20(27)12(4)30-21(28)16-11(3)25-18(19-24-7-8-31-19)26-17(16)14-6-5-13(22)9-15(14)23/h5-10,12,17H,1-4H3,(H,25,26)/t12-,17?/m1/s1. The predicted molar refractivity (Wildman–Crippen MR) is 120 cm³/mol. The zero-order valence-corrected chi connectivity index (χ0v) is 19.6. The molecule has 0 radical (unpaired) electrons. The number of esters is 2. The number of ether oxygens (including phenoxy) is 2. The molecule has 0 spiro atoms. The molecule has 2 heterocycles. The molecule has 1 aromatic carbocycles. The Bertz CT molecular complexity index is 1050. The first-order chi connectivity index (χ1) is 14.7. The number of thiazole rings is 1. The Morgan fingerprint density at radius 1 is 1.19 bits per heavy atom. The van der Waals surface area contributed by atoms with Gasteiger partial charge in [0.1, 0.15) is 6.04 Å². The minimum absolute atomic E-state index is 0.230. The molecule has 7 nitrogen and oxygen atoms in total. The van der Waals surface area contributed by atoms with E-state index >= 15 is 0 Å². The number of rotatable bonds is 6. The molecule has 3 rings (SSSR count). The van der Waals surface area contributed by atoms with Gasteiger partial charge in [-0.05, 0) is 39.8 Å². The van der Waals surface area contributed by atoms with Crippen LogP contribution in [0.5, 0.6) is 0 Å². The lowest BCUT2D eigenvalue weighted by atomic mass is 9.96. The molecule has 164 valence electrons. The molecule has 1 aliphatic rings. The van der Waals surface area contributed by atoms with Crippen LogP contribution < -0.4 is 5.32 Å². The Morgan fingerprint density at radius 3 is 2.55 bits per heavy atom. The third kappa shape index (κ3) is 5.44. The highest BCUT2D eigenvalue weighted by Gasteiger charge is 2.34. The van der Waals surface area contributed by atoms with E-state index in [9.17, 15) is 9.59 Å². The number of aliphatic imine (C=N–C) groups is 1. The second-order valence-electron chi connectivity index (χ2n) is 7.08. The summed E-state index contributed by atoms with van der Waals surface area (Å²) in [4.78, 5) is 34.2. The fraction of sp³-hybridized carbons (Fsp3) is 0.333. The van der Waals surface area contributed by atoms with E-state index in [0.29, 0.717) is 32.1 Å². The van der Waals surface area contributed by atoms with Crippen molar-refractivity contribution in [2.45, 2.75) is 45.9 Å². The van der Waals surface area contributed by atoms with E-state index in [2.05, 4.69) is 15.3 Å². The van der Waals surface area contributed by atoms with Crippen LogP contribution in [0.2, 0.25) is 10.0 Å². The lowest BCUT2D eigenvalue weighted by Crippen LogP contribution is -2.35. The summed E-state index contributed by atoms with van der Waals surface area (Å²) in [5, 5.41) is 6.41. The largest absolute Gasteiger partial charge is 0.460 e. The molecule has 1 aliphatic heterocycles. The smallest absolute Gasteiger partial charge is 0.347 e. The maximum absolute atomic E-state index is 13.1. The first kappa shape index (κ1) is 23.2. The molecular formula is C21H21Cl2N3O4S. The van der Waals surface area contributed by atoms with E-state index in [1.165, 1.54) is 18.3 Å². The highest BCUT2D eigenvalue weighted by atomic mass is 35.5. The van der Waals surface area contributed by atoms with Crippen molar-refractivity contribution in [3.05, 3.63) is 61.7 Å². The normalized spacial score (nSPS) is 17.1. The van der Waals surface area contributed by atoms with E-state index in [1.807, 2.05) is 5.38 Å². The first-order valence-electron chi connectivity index (χ1n) is 9.49. The van der Waals surface area contributed by atoms with E-state index in [0.717, 1.165) is 0 Å². The Morgan fingerprint density at radius 2 is 1.94 bits per heavy atom. The van der Waals surface area contributed by atoms with Gasteiger partial charge in [-0.25, -0.2) is 14.6 Å². The van der Waals surface area contributed by atoms with Gasteiger partial charge in [-0.3, -0.25) is 4.99 Å². The summed E-state index contributed by atoms with van der Waals surface area (Å²) in [6.45, 7) is 6.63. The summed E-state index contributed by atoms with van der Waals surface area (Å²) < 4.78 is 10.5. The number of aromatic nitrogens is 1. The van der Waals surface area contributed by atoms with Crippen LogP contribution in [0.25, 0.3) is 0 Å². The zero-order chi connectivity index (χ0) is 22.7. The molecule has 0 aliphatic carbocycles. The Hall–Kier alpha value is -2.42. The fourth-order valence-electron chi connectivity index (χ4n) is 2.94. The van der Waals surface area contributed by atoms with E-state index in [1.54, 1.807) is 45.2 Å². The number of halogens is 2. The first-order valence-corrected chi connectivity index (χ1v) is 11.1. The van der Waals surface area contributed by atoms with E-state index < -0.39 is 24.1 Å². The molecule has 0 saturated carbocycles. The number of benzene rings is 1. The second kappa shape index (κ2) is 9.80. The maximum atomic E-state index is 13.1. The van der Waals surface area contributed by atoms with Crippen LogP contribution >= 0.6 is 34.5 Å². The minimum atomic E-state index is -1.08. The van der Waals surface area contributed by atoms with Crippen LogP contribution in [0.3, 0.4) is 0 Å². The molecule has 0 bridgehead atoms. The topological polar surface area (TPSA) is 89.9 Å². The van der Waals surface area contributed by atoms with Crippen molar-refractivity contribution < 1.29 is 19.1 Å². The highest BCUT2D eigenvalue weighted by molar-refractivity contribution is 7.11. The molecule has 1 N–H and O–H groups in total. The van der Waals surface area contributed by atoms with Crippen LogP contribution in [0.4, 0.5) is 0 Å². The fourth-order valence-corrected chi connectivity index (χ4v) is 4.04. The third-order valence-corrected chi connectivity index (χ3v) is 5.66. The molecule has 1 aromatic heterocycles. The van der Waals surface area contributed by atoms with E-state index in [4.69, 9.17) is 32.7 Å². The van der Waals surface area contributed by atoms with Crippen LogP contribution in [0, 0.1) is 0 Å². The monoisotopic (exact) mass is 481 g/mol. The number of allylic oxidation sites excluding steroid dienone is 1. The molecule has 2 atom stereocenters. The summed E-state index contributed by atoms with van der Waals surface area (Å²) in [6.07, 6.45) is 0.261. The van der Waals surface area contributed by atoms with Crippen LogP contribution in [0.1, 0.15) is 44.3 Å². The predicted octanol–water partition coefficient (Wildman–Crippen LogP) is 4.70. The molecule has 31 heavy (non-hydrogen) atoms. The lowest BCUT2D eigenvalue weighted by Gasteiger charge is -2.27. The van der Waals surface area contributed by atoms with Crippen molar-refractivity contribution in [1.29, 1.82) is 0 Å². The highest BCUT2D eigenvalue weighted by Crippen LogP contribution is 2.37. The maximum Gasteiger partial charge on any atom is 0.347 e. The summed E-state index contributed by atoms with van der Waals surface area (Å²) in [7, 11) is 0. The molecule has 0 amide bonds. The Labute approximate surface area is 194 Å². The molecule has 1 unspecified atom stereocenters. The number of hydrogen-bond acceptors (Lipinski definition) is 8. The Kier molecular flexibility index (Phi) is 7.35. The zero-order valence-electron chi connectivity index (χ0n) is 17.3. The van der Waals surface area contributed by atoms with Gasteiger partial charge in [0.15, 0.2) is 16.9 Å². The van der Waals surface area contributed by atoms with Crippen LogP contribution in [-0.4, -0.2) is 35.0 Å². The summed E-state index contributed by atoms with van der Waals surface area (Å²) in [6, 6.07) is 4.19. The molecule has 2 aromatic rings. The third-order valence-electron chi connectivity index (χ3n) is 4.32.